The molecule has 1 aromatic heterocycles. The lowest BCUT2D eigenvalue weighted by Gasteiger charge is -2.29. The van der Waals surface area contributed by atoms with Gasteiger partial charge in [0.25, 0.3) is 5.91 Å². The topological polar surface area (TPSA) is 141 Å². The van der Waals surface area contributed by atoms with Gasteiger partial charge in [0.05, 0.1) is 18.1 Å². The van der Waals surface area contributed by atoms with Crippen LogP contribution in [0.2, 0.25) is 0 Å². The second-order valence-corrected chi connectivity index (χ2v) is 11.0. The van der Waals surface area contributed by atoms with Crippen molar-refractivity contribution in [2.24, 2.45) is 11.8 Å². The van der Waals surface area contributed by atoms with Crippen molar-refractivity contribution >= 4 is 39.3 Å². The Hall–Kier alpha value is -3.12. The number of aryl methyl sites for hydroxylation is 1. The van der Waals surface area contributed by atoms with E-state index in [0.717, 1.165) is 16.9 Å². The maximum absolute atomic E-state index is 12.6. The number of hydrogen-bond acceptors (Lipinski definition) is 7. The average molecular weight is 561 g/mol. The predicted molar refractivity (Wildman–Crippen MR) is 152 cm³/mol. The number of carbonyl (C=O) groups excluding carboxylic acids is 2. The molecule has 0 fully saturated rings. The molecule has 0 spiro atoms. The third kappa shape index (κ3) is 10.7. The van der Waals surface area contributed by atoms with Gasteiger partial charge in [0, 0.05) is 24.7 Å². The molecule has 3 aromatic rings. The van der Waals surface area contributed by atoms with Crippen molar-refractivity contribution in [1.29, 1.82) is 0 Å². The molecular weight excluding hydrogens is 524 g/mol. The molecule has 0 aliphatic carbocycles. The van der Waals surface area contributed by atoms with Crippen LogP contribution in [0.25, 0.3) is 0 Å². The summed E-state index contributed by atoms with van der Waals surface area (Å²) in [5.41, 5.74) is 2.34. The van der Waals surface area contributed by atoms with Gasteiger partial charge in [-0.2, -0.15) is 0 Å². The van der Waals surface area contributed by atoms with Crippen molar-refractivity contribution in [3.8, 4) is 0 Å². The van der Waals surface area contributed by atoms with Crippen LogP contribution in [0, 0.1) is 18.8 Å². The number of rotatable bonds is 11. The Morgan fingerprint density at radius 2 is 1.61 bits per heavy atom. The minimum Gasteiger partial charge on any atom is -0.390 e. The second-order valence-electron chi connectivity index (χ2n) is 8.99. The largest absolute Gasteiger partial charge is 0.390 e. The van der Waals surface area contributed by atoms with E-state index < -0.39 is 35.0 Å². The molecule has 0 saturated heterocycles. The van der Waals surface area contributed by atoms with E-state index in [1.165, 1.54) is 17.2 Å². The van der Waals surface area contributed by atoms with E-state index >= 15 is 0 Å². The van der Waals surface area contributed by atoms with Crippen molar-refractivity contribution in [3.63, 3.8) is 0 Å². The van der Waals surface area contributed by atoms with Crippen LogP contribution in [-0.4, -0.2) is 56.2 Å². The first-order valence-electron chi connectivity index (χ1n) is 12.1. The number of aliphatic hydroxyl groups is 2. The van der Waals surface area contributed by atoms with Crippen LogP contribution in [0.4, 0.5) is 5.13 Å². The van der Waals surface area contributed by atoms with Crippen LogP contribution in [0.1, 0.15) is 35.5 Å². The highest BCUT2D eigenvalue weighted by atomic mass is 32.2. The molecule has 2 aromatic carbocycles. The SMILES string of the molecule is CC(C)C(C(=O)NCc1ccccc1)C(O)C(O)CNC(=O)c1csc(NS(C)=O)n1.Cc1ccccc1. The average Bonchev–Trinajstić information content (AvgIpc) is 3.35. The molecule has 0 bridgehead atoms. The Bertz CT molecular complexity index is 1160. The van der Waals surface area contributed by atoms with E-state index in [1.807, 2.05) is 48.5 Å². The van der Waals surface area contributed by atoms with Gasteiger partial charge < -0.3 is 20.8 Å². The van der Waals surface area contributed by atoms with E-state index in [-0.39, 0.29) is 24.1 Å². The van der Waals surface area contributed by atoms with Crippen molar-refractivity contribution in [1.82, 2.24) is 15.6 Å². The van der Waals surface area contributed by atoms with Crippen LogP contribution in [0.5, 0.6) is 0 Å². The van der Waals surface area contributed by atoms with Gasteiger partial charge >= 0.3 is 0 Å². The Balaban J connectivity index is 0.000000624. The third-order valence-corrected chi connectivity index (χ3v) is 6.84. The fourth-order valence-electron chi connectivity index (χ4n) is 3.49. The molecule has 3 rings (SSSR count). The van der Waals surface area contributed by atoms with E-state index in [0.29, 0.717) is 11.7 Å². The van der Waals surface area contributed by atoms with Gasteiger partial charge in [0.1, 0.15) is 16.7 Å². The number of anilines is 1. The lowest BCUT2D eigenvalue weighted by molar-refractivity contribution is -0.134. The monoisotopic (exact) mass is 560 g/mol. The van der Waals surface area contributed by atoms with Crippen molar-refractivity contribution in [2.75, 3.05) is 17.5 Å². The molecule has 2 amide bonds. The standard InChI is InChI=1S/C20H28N4O5S2.C7H8/c1-12(2)16(19(28)21-9-13-7-5-4-6-8-13)17(26)15(25)10-22-18(27)14-11-30-20(23-14)24-31(3)29;1-7-5-3-2-4-6-7/h4-8,11-12,15-17,25-26H,9-10H2,1-3H3,(H,21,28)(H,22,27)(H,23,24);2-6H,1H3. The molecule has 1 heterocycles. The zero-order valence-corrected chi connectivity index (χ0v) is 23.6. The van der Waals surface area contributed by atoms with Gasteiger partial charge in [0.15, 0.2) is 5.13 Å². The Morgan fingerprint density at radius 1 is 1.00 bits per heavy atom. The second kappa shape index (κ2) is 16.0. The number of nitrogens with zero attached hydrogens (tertiary/aromatic N) is 1. The van der Waals surface area contributed by atoms with E-state index in [1.54, 1.807) is 13.8 Å². The van der Waals surface area contributed by atoms with E-state index in [4.69, 9.17) is 0 Å². The molecule has 0 radical (unpaired) electrons. The molecule has 5 N–H and O–H groups in total. The normalized spacial score (nSPS) is 13.9. The zero-order chi connectivity index (χ0) is 28.1. The fraction of sp³-hybridized carbons (Fsp3) is 0.370. The summed E-state index contributed by atoms with van der Waals surface area (Å²) in [7, 11) is -1.31. The molecule has 206 valence electrons. The summed E-state index contributed by atoms with van der Waals surface area (Å²) in [5.74, 6) is -2.02. The van der Waals surface area contributed by atoms with Gasteiger partial charge in [-0.25, -0.2) is 9.19 Å². The maximum Gasteiger partial charge on any atom is 0.270 e. The summed E-state index contributed by atoms with van der Waals surface area (Å²) in [6.45, 7) is 5.70. The Morgan fingerprint density at radius 3 is 2.13 bits per heavy atom. The summed E-state index contributed by atoms with van der Waals surface area (Å²) in [6, 6.07) is 19.6. The highest BCUT2D eigenvalue weighted by molar-refractivity contribution is 7.85. The Labute approximate surface area is 230 Å². The predicted octanol–water partition coefficient (Wildman–Crippen LogP) is 2.88. The lowest BCUT2D eigenvalue weighted by atomic mass is 9.86. The van der Waals surface area contributed by atoms with Gasteiger partial charge in [-0.05, 0) is 18.4 Å². The highest BCUT2D eigenvalue weighted by Crippen LogP contribution is 2.19. The zero-order valence-electron chi connectivity index (χ0n) is 22.0. The molecular formula is C27H36N4O5S2. The van der Waals surface area contributed by atoms with Crippen LogP contribution < -0.4 is 15.4 Å². The number of nitrogens with one attached hydrogen (secondary N) is 3. The highest BCUT2D eigenvalue weighted by Gasteiger charge is 2.34. The number of aliphatic hydroxyl groups excluding tert-OH is 2. The summed E-state index contributed by atoms with van der Waals surface area (Å²) >= 11 is 1.12. The fourth-order valence-corrected chi connectivity index (χ4v) is 4.86. The first-order chi connectivity index (χ1) is 18.1. The van der Waals surface area contributed by atoms with Crippen LogP contribution in [0.15, 0.2) is 66.0 Å². The molecule has 0 aliphatic heterocycles. The quantitative estimate of drug-likeness (QED) is 0.244. The first-order valence-corrected chi connectivity index (χ1v) is 14.6. The van der Waals surface area contributed by atoms with Gasteiger partial charge in [0.2, 0.25) is 5.91 Å². The van der Waals surface area contributed by atoms with Crippen molar-refractivity contribution < 1.29 is 24.0 Å². The number of benzene rings is 2. The molecule has 9 nitrogen and oxygen atoms in total. The molecule has 38 heavy (non-hydrogen) atoms. The van der Waals surface area contributed by atoms with E-state index in [2.05, 4.69) is 39.4 Å². The Kier molecular flexibility index (Phi) is 13.1. The number of hydrogen-bond donors (Lipinski definition) is 5. The number of aromatic nitrogens is 1. The molecule has 11 heteroatoms. The number of amides is 2. The first kappa shape index (κ1) is 31.1. The smallest absolute Gasteiger partial charge is 0.270 e. The summed E-state index contributed by atoms with van der Waals surface area (Å²) in [6.07, 6.45) is -1.27. The molecule has 4 atom stereocenters. The van der Waals surface area contributed by atoms with Crippen LogP contribution >= 0.6 is 11.3 Å². The van der Waals surface area contributed by atoms with Crippen molar-refractivity contribution in [3.05, 3.63) is 82.9 Å². The maximum atomic E-state index is 12.6. The molecule has 4 unspecified atom stereocenters. The van der Waals surface area contributed by atoms with Gasteiger partial charge in [-0.1, -0.05) is 80.1 Å². The minimum atomic E-state index is -1.37. The molecule has 0 saturated carbocycles. The summed E-state index contributed by atoms with van der Waals surface area (Å²) in [5, 5.41) is 28.1. The van der Waals surface area contributed by atoms with Crippen LogP contribution in [-0.2, 0) is 22.3 Å². The van der Waals surface area contributed by atoms with E-state index in [9.17, 15) is 24.0 Å². The number of carbonyl (C=O) groups is 2. The minimum absolute atomic E-state index is 0.0978. The summed E-state index contributed by atoms with van der Waals surface area (Å²) < 4.78 is 13.7. The third-order valence-electron chi connectivity index (χ3n) is 5.47. The van der Waals surface area contributed by atoms with Gasteiger partial charge in [-0.3, -0.25) is 14.3 Å². The van der Waals surface area contributed by atoms with Crippen molar-refractivity contribution in [2.45, 2.75) is 39.5 Å². The lowest BCUT2D eigenvalue weighted by Crippen LogP contribution is -2.49. The summed E-state index contributed by atoms with van der Waals surface area (Å²) in [4.78, 5) is 28.9. The number of thiazole rings is 1. The molecule has 0 aliphatic rings. The van der Waals surface area contributed by atoms with Crippen LogP contribution in [0.3, 0.4) is 0 Å². The van der Waals surface area contributed by atoms with Gasteiger partial charge in [-0.15, -0.1) is 11.3 Å².